The van der Waals surface area contributed by atoms with Crippen molar-refractivity contribution >= 4 is 34.9 Å². The van der Waals surface area contributed by atoms with E-state index in [0.29, 0.717) is 15.6 Å². The fourth-order valence-corrected chi connectivity index (χ4v) is 2.83. The van der Waals surface area contributed by atoms with Crippen LogP contribution >= 0.6 is 23.2 Å². The largest absolute Gasteiger partial charge is 0.465 e. The number of methoxy groups -OCH3 is 1. The van der Waals surface area contributed by atoms with Crippen molar-refractivity contribution in [2.45, 2.75) is 12.5 Å². The number of nitrogens with one attached hydrogen (secondary N) is 1. The highest BCUT2D eigenvalue weighted by Crippen LogP contribution is 2.36. The molecule has 1 aliphatic heterocycles. The Morgan fingerprint density at radius 2 is 2.00 bits per heavy atom. The van der Waals surface area contributed by atoms with Gasteiger partial charge >= 0.3 is 5.97 Å². The number of carbonyl (C=O) groups excluding carboxylic acids is 1. The maximum absolute atomic E-state index is 11.6. The third-order valence-electron chi connectivity index (χ3n) is 3.63. The summed E-state index contributed by atoms with van der Waals surface area (Å²) < 4.78 is 4.74. The molecule has 3 rings (SSSR count). The van der Waals surface area contributed by atoms with E-state index in [2.05, 4.69) is 5.32 Å². The first-order valence-corrected chi connectivity index (χ1v) is 7.27. The molecule has 1 atom stereocenters. The summed E-state index contributed by atoms with van der Waals surface area (Å²) in [6.45, 7) is 0. The lowest BCUT2D eigenvalue weighted by Crippen LogP contribution is -2.06. The number of halogens is 2. The van der Waals surface area contributed by atoms with Gasteiger partial charge in [-0.15, -0.1) is 0 Å². The zero-order valence-corrected chi connectivity index (χ0v) is 12.8. The van der Waals surface area contributed by atoms with Crippen LogP contribution in [0.2, 0.25) is 10.0 Å². The Labute approximate surface area is 132 Å². The second-order valence-electron chi connectivity index (χ2n) is 4.94. The minimum Gasteiger partial charge on any atom is -0.465 e. The van der Waals surface area contributed by atoms with Crippen LogP contribution < -0.4 is 5.32 Å². The summed E-state index contributed by atoms with van der Waals surface area (Å²) in [7, 11) is 1.38. The van der Waals surface area contributed by atoms with E-state index in [1.807, 2.05) is 24.3 Å². The highest BCUT2D eigenvalue weighted by atomic mass is 35.5. The Bertz CT molecular complexity index is 715. The molecule has 0 aliphatic carbocycles. The molecule has 3 nitrogen and oxygen atoms in total. The summed E-state index contributed by atoms with van der Waals surface area (Å²) in [5.74, 6) is -0.336. The molecule has 0 spiro atoms. The van der Waals surface area contributed by atoms with E-state index in [9.17, 15) is 4.79 Å². The van der Waals surface area contributed by atoms with Crippen LogP contribution in [0.3, 0.4) is 0 Å². The van der Waals surface area contributed by atoms with Crippen LogP contribution in [-0.2, 0) is 11.2 Å². The number of benzene rings is 2. The average molecular weight is 322 g/mol. The molecule has 2 aromatic carbocycles. The van der Waals surface area contributed by atoms with Crippen molar-refractivity contribution in [2.75, 3.05) is 12.4 Å². The Hall–Kier alpha value is -1.71. The average Bonchev–Trinajstić information content (AvgIpc) is 2.92. The van der Waals surface area contributed by atoms with E-state index in [4.69, 9.17) is 27.9 Å². The van der Waals surface area contributed by atoms with Gasteiger partial charge in [-0.1, -0.05) is 35.3 Å². The third-order valence-corrected chi connectivity index (χ3v) is 4.37. The minimum absolute atomic E-state index is 0.127. The van der Waals surface area contributed by atoms with E-state index in [0.717, 1.165) is 17.7 Å². The number of esters is 1. The summed E-state index contributed by atoms with van der Waals surface area (Å²) in [6.07, 6.45) is 0.842. The molecule has 0 saturated carbocycles. The van der Waals surface area contributed by atoms with Gasteiger partial charge in [0, 0.05) is 5.69 Å². The van der Waals surface area contributed by atoms with E-state index in [-0.39, 0.29) is 12.0 Å². The van der Waals surface area contributed by atoms with Crippen LogP contribution in [-0.4, -0.2) is 13.1 Å². The van der Waals surface area contributed by atoms with Gasteiger partial charge in [0.2, 0.25) is 0 Å². The van der Waals surface area contributed by atoms with E-state index in [1.165, 1.54) is 12.7 Å². The molecule has 5 heteroatoms. The molecule has 21 heavy (non-hydrogen) atoms. The third kappa shape index (κ3) is 2.71. The van der Waals surface area contributed by atoms with Crippen molar-refractivity contribution in [3.8, 4) is 0 Å². The second-order valence-corrected chi connectivity index (χ2v) is 5.75. The topological polar surface area (TPSA) is 38.3 Å². The van der Waals surface area contributed by atoms with Gasteiger partial charge in [-0.25, -0.2) is 4.79 Å². The molecule has 0 aromatic heterocycles. The van der Waals surface area contributed by atoms with Gasteiger partial charge in [0.05, 0.1) is 28.8 Å². The van der Waals surface area contributed by atoms with Gasteiger partial charge in [0.15, 0.2) is 0 Å². The van der Waals surface area contributed by atoms with E-state index >= 15 is 0 Å². The van der Waals surface area contributed by atoms with Gasteiger partial charge in [0.25, 0.3) is 0 Å². The van der Waals surface area contributed by atoms with Crippen molar-refractivity contribution in [3.05, 3.63) is 63.1 Å². The lowest BCUT2D eigenvalue weighted by Gasteiger charge is -2.12. The minimum atomic E-state index is -0.336. The molecule has 1 unspecified atom stereocenters. The van der Waals surface area contributed by atoms with Crippen molar-refractivity contribution in [3.63, 3.8) is 0 Å². The molecule has 1 aliphatic rings. The first kappa shape index (κ1) is 14.2. The number of anilines is 1. The van der Waals surface area contributed by atoms with Gasteiger partial charge in [-0.3, -0.25) is 0 Å². The lowest BCUT2D eigenvalue weighted by atomic mass is 10.0. The van der Waals surface area contributed by atoms with Crippen molar-refractivity contribution in [1.82, 2.24) is 0 Å². The molecule has 1 heterocycles. The predicted octanol–water partition coefficient (Wildman–Crippen LogP) is 4.49. The summed E-state index contributed by atoms with van der Waals surface area (Å²) in [4.78, 5) is 11.6. The Balaban J connectivity index is 1.87. The number of fused-ring (bicyclic) bond motifs is 1. The van der Waals surface area contributed by atoms with Crippen LogP contribution in [0.25, 0.3) is 0 Å². The monoisotopic (exact) mass is 321 g/mol. The standard InChI is InChI=1S/C16H13Cl2NO2/c1-21-16(20)11-3-2-10-7-14(19-15(10)8-11)9-4-5-12(17)13(18)6-9/h2-6,8,14,19H,7H2,1H3. The Morgan fingerprint density at radius 3 is 2.71 bits per heavy atom. The zero-order valence-electron chi connectivity index (χ0n) is 11.3. The van der Waals surface area contributed by atoms with E-state index in [1.54, 1.807) is 12.1 Å². The maximum Gasteiger partial charge on any atom is 0.337 e. The predicted molar refractivity (Wildman–Crippen MR) is 84.3 cm³/mol. The molecular formula is C16H13Cl2NO2. The molecule has 0 radical (unpaired) electrons. The number of rotatable bonds is 2. The number of ether oxygens (including phenoxy) is 1. The van der Waals surface area contributed by atoms with Gasteiger partial charge in [0.1, 0.15) is 0 Å². The molecule has 0 amide bonds. The van der Waals surface area contributed by atoms with Crippen LogP contribution in [0.15, 0.2) is 36.4 Å². The second kappa shape index (κ2) is 5.58. The SMILES string of the molecule is COC(=O)c1ccc2c(c1)NC(c1ccc(Cl)c(Cl)c1)C2. The summed E-state index contributed by atoms with van der Waals surface area (Å²) in [6, 6.07) is 11.3. The number of hydrogen-bond acceptors (Lipinski definition) is 3. The van der Waals surface area contributed by atoms with Crippen LogP contribution in [0, 0.1) is 0 Å². The summed E-state index contributed by atoms with van der Waals surface area (Å²) >= 11 is 12.0. The molecular weight excluding hydrogens is 309 g/mol. The van der Waals surface area contributed by atoms with Gasteiger partial charge in [-0.05, 0) is 41.8 Å². The maximum atomic E-state index is 11.6. The molecule has 108 valence electrons. The highest BCUT2D eigenvalue weighted by Gasteiger charge is 2.23. The van der Waals surface area contributed by atoms with Crippen molar-refractivity contribution < 1.29 is 9.53 Å². The van der Waals surface area contributed by atoms with Gasteiger partial charge < -0.3 is 10.1 Å². The van der Waals surface area contributed by atoms with Crippen LogP contribution in [0.5, 0.6) is 0 Å². The first-order chi connectivity index (χ1) is 10.1. The highest BCUT2D eigenvalue weighted by molar-refractivity contribution is 6.42. The molecule has 2 aromatic rings. The Morgan fingerprint density at radius 1 is 1.19 bits per heavy atom. The number of carbonyl (C=O) groups is 1. The summed E-state index contributed by atoms with van der Waals surface area (Å²) in [5, 5.41) is 4.50. The lowest BCUT2D eigenvalue weighted by molar-refractivity contribution is 0.0601. The zero-order chi connectivity index (χ0) is 15.0. The summed E-state index contributed by atoms with van der Waals surface area (Å²) in [5.41, 5.74) is 3.73. The van der Waals surface area contributed by atoms with Crippen LogP contribution in [0.4, 0.5) is 5.69 Å². The Kier molecular flexibility index (Phi) is 3.79. The molecule has 0 bridgehead atoms. The smallest absolute Gasteiger partial charge is 0.337 e. The normalized spacial score (nSPS) is 16.2. The van der Waals surface area contributed by atoms with E-state index < -0.39 is 0 Å². The first-order valence-electron chi connectivity index (χ1n) is 6.51. The van der Waals surface area contributed by atoms with Crippen molar-refractivity contribution in [2.24, 2.45) is 0 Å². The number of hydrogen-bond donors (Lipinski definition) is 1. The fourth-order valence-electron chi connectivity index (χ4n) is 2.52. The molecule has 1 N–H and O–H groups in total. The quantitative estimate of drug-likeness (QED) is 0.828. The van der Waals surface area contributed by atoms with Crippen molar-refractivity contribution in [1.29, 1.82) is 0 Å². The van der Waals surface area contributed by atoms with Crippen LogP contribution in [0.1, 0.15) is 27.5 Å². The van der Waals surface area contributed by atoms with Gasteiger partial charge in [-0.2, -0.15) is 0 Å². The molecule has 0 saturated heterocycles. The molecule has 0 fully saturated rings. The fraction of sp³-hybridized carbons (Fsp3) is 0.188.